The number of halogens is 1. The number of hydrogen-bond acceptors (Lipinski definition) is 3. The fourth-order valence-corrected chi connectivity index (χ4v) is 4.56. The van der Waals surface area contributed by atoms with Gasteiger partial charge in [-0.05, 0) is 47.5 Å². The van der Waals surface area contributed by atoms with Crippen molar-refractivity contribution in [2.45, 2.75) is 13.0 Å². The monoisotopic (exact) mass is 453 g/mol. The molecule has 1 atom stereocenters. The molecule has 0 aromatic heterocycles. The van der Waals surface area contributed by atoms with Crippen molar-refractivity contribution < 1.29 is 14.7 Å². The summed E-state index contributed by atoms with van der Waals surface area (Å²) >= 11 is 6.19. The highest BCUT2D eigenvalue weighted by atomic mass is 35.5. The third-order valence-corrected chi connectivity index (χ3v) is 6.15. The van der Waals surface area contributed by atoms with Gasteiger partial charge in [0.15, 0.2) is 0 Å². The molecule has 0 spiro atoms. The third-order valence-electron chi connectivity index (χ3n) is 5.91. The van der Waals surface area contributed by atoms with E-state index in [1.54, 1.807) is 30.3 Å². The Bertz CT molecular complexity index is 1460. The Morgan fingerprint density at radius 2 is 1.61 bits per heavy atom. The number of carbonyl (C=O) groups excluding carboxylic acids is 2. The van der Waals surface area contributed by atoms with Gasteiger partial charge in [-0.1, -0.05) is 83.9 Å². The zero-order valence-corrected chi connectivity index (χ0v) is 18.6. The van der Waals surface area contributed by atoms with E-state index in [1.807, 2.05) is 67.6 Å². The van der Waals surface area contributed by atoms with Crippen LogP contribution in [-0.2, 0) is 9.59 Å². The second-order valence-electron chi connectivity index (χ2n) is 8.13. The molecule has 0 aliphatic carbocycles. The number of hydrogen-bond donors (Lipinski definition) is 1. The predicted molar refractivity (Wildman–Crippen MR) is 131 cm³/mol. The first-order valence-electron chi connectivity index (χ1n) is 10.6. The number of Topliss-reactive ketones (excluding diaryl/α,β-unsaturated/α-hetero) is 1. The zero-order chi connectivity index (χ0) is 23.1. The van der Waals surface area contributed by atoms with Gasteiger partial charge in [0.25, 0.3) is 11.7 Å². The van der Waals surface area contributed by atoms with Gasteiger partial charge >= 0.3 is 0 Å². The van der Waals surface area contributed by atoms with Crippen LogP contribution >= 0.6 is 11.6 Å². The van der Waals surface area contributed by atoms with E-state index in [4.69, 9.17) is 11.6 Å². The number of ketones is 1. The molecule has 4 aromatic carbocycles. The smallest absolute Gasteiger partial charge is 0.300 e. The Morgan fingerprint density at radius 1 is 0.848 bits per heavy atom. The third kappa shape index (κ3) is 3.69. The highest BCUT2D eigenvalue weighted by molar-refractivity contribution is 6.51. The second kappa shape index (κ2) is 8.23. The van der Waals surface area contributed by atoms with Gasteiger partial charge in [-0.25, -0.2) is 0 Å². The van der Waals surface area contributed by atoms with Gasteiger partial charge in [0.2, 0.25) is 0 Å². The molecular formula is C28H20ClNO3. The number of aliphatic hydroxyl groups is 1. The van der Waals surface area contributed by atoms with Gasteiger partial charge < -0.3 is 5.11 Å². The molecule has 1 saturated heterocycles. The van der Waals surface area contributed by atoms with Gasteiger partial charge in [0.05, 0.1) is 11.6 Å². The molecule has 5 rings (SSSR count). The Balaban J connectivity index is 1.74. The number of anilines is 1. The first-order valence-corrected chi connectivity index (χ1v) is 10.9. The number of rotatable bonds is 3. The molecule has 1 heterocycles. The van der Waals surface area contributed by atoms with Gasteiger partial charge in [-0.2, -0.15) is 0 Å². The Hall–Kier alpha value is -3.89. The van der Waals surface area contributed by atoms with E-state index in [0.29, 0.717) is 16.3 Å². The summed E-state index contributed by atoms with van der Waals surface area (Å²) in [5.41, 5.74) is 2.75. The summed E-state index contributed by atoms with van der Waals surface area (Å²) in [6.07, 6.45) is 0. The van der Waals surface area contributed by atoms with Crippen molar-refractivity contribution in [1.29, 1.82) is 0 Å². The van der Waals surface area contributed by atoms with Crippen LogP contribution in [0, 0.1) is 6.92 Å². The average Bonchev–Trinajstić information content (AvgIpc) is 3.09. The number of benzene rings is 4. The van der Waals surface area contributed by atoms with Gasteiger partial charge in [-0.3, -0.25) is 14.5 Å². The molecule has 0 bridgehead atoms. The summed E-state index contributed by atoms with van der Waals surface area (Å²) in [7, 11) is 0. The van der Waals surface area contributed by atoms with Crippen molar-refractivity contribution in [3.8, 4) is 0 Å². The summed E-state index contributed by atoms with van der Waals surface area (Å²) in [6.45, 7) is 1.94. The average molecular weight is 454 g/mol. The fraction of sp³-hybridized carbons (Fsp3) is 0.0714. The van der Waals surface area contributed by atoms with Crippen LogP contribution in [0.1, 0.15) is 22.7 Å². The van der Waals surface area contributed by atoms with E-state index < -0.39 is 17.7 Å². The van der Waals surface area contributed by atoms with Crippen molar-refractivity contribution in [3.63, 3.8) is 0 Å². The minimum absolute atomic E-state index is 0.0563. The largest absolute Gasteiger partial charge is 0.507 e. The van der Waals surface area contributed by atoms with Crippen molar-refractivity contribution >= 4 is 45.5 Å². The standard InChI is InChI=1S/C28H20ClNO3/c1-17-6-4-9-20(14-17)25-24(26(31)21-13-12-18-7-2-3-8-19(18)15-21)27(32)28(33)30(25)23-11-5-10-22(29)16-23/h2-16,25,31H,1H3/b26-24-. The molecular weight excluding hydrogens is 434 g/mol. The van der Waals surface area contributed by atoms with Crippen LogP contribution in [0.3, 0.4) is 0 Å². The number of fused-ring (bicyclic) bond motifs is 1. The van der Waals surface area contributed by atoms with Crippen LogP contribution in [0.4, 0.5) is 5.69 Å². The molecule has 1 aliphatic rings. The lowest BCUT2D eigenvalue weighted by molar-refractivity contribution is -0.132. The molecule has 1 N–H and O–H groups in total. The van der Waals surface area contributed by atoms with E-state index in [-0.39, 0.29) is 11.3 Å². The van der Waals surface area contributed by atoms with Gasteiger partial charge in [0, 0.05) is 16.3 Å². The van der Waals surface area contributed by atoms with E-state index in [9.17, 15) is 14.7 Å². The second-order valence-corrected chi connectivity index (χ2v) is 8.56. The first-order chi connectivity index (χ1) is 15.9. The summed E-state index contributed by atoms with van der Waals surface area (Å²) in [4.78, 5) is 27.9. The number of carbonyl (C=O) groups is 2. The van der Waals surface area contributed by atoms with Crippen molar-refractivity contribution in [2.75, 3.05) is 4.90 Å². The lowest BCUT2D eigenvalue weighted by Crippen LogP contribution is -2.29. The molecule has 5 heteroatoms. The molecule has 1 amide bonds. The molecule has 0 radical (unpaired) electrons. The van der Waals surface area contributed by atoms with Gasteiger partial charge in [0.1, 0.15) is 5.76 Å². The minimum Gasteiger partial charge on any atom is -0.507 e. The minimum atomic E-state index is -0.783. The molecule has 1 fully saturated rings. The van der Waals surface area contributed by atoms with Crippen LogP contribution in [0.5, 0.6) is 0 Å². The summed E-state index contributed by atoms with van der Waals surface area (Å²) < 4.78 is 0. The summed E-state index contributed by atoms with van der Waals surface area (Å²) in [6, 6.07) is 26.9. The number of aliphatic hydroxyl groups excluding tert-OH is 1. The predicted octanol–water partition coefficient (Wildman–Crippen LogP) is 6.43. The molecule has 162 valence electrons. The van der Waals surface area contributed by atoms with Crippen LogP contribution in [0.15, 0.2) is 96.6 Å². The molecule has 1 unspecified atom stereocenters. The molecule has 4 aromatic rings. The van der Waals surface area contributed by atoms with Crippen LogP contribution in [0.2, 0.25) is 5.02 Å². The lowest BCUT2D eigenvalue weighted by Gasteiger charge is -2.26. The Kier molecular flexibility index (Phi) is 5.23. The van der Waals surface area contributed by atoms with E-state index >= 15 is 0 Å². The maximum absolute atomic E-state index is 13.3. The zero-order valence-electron chi connectivity index (χ0n) is 17.8. The lowest BCUT2D eigenvalue weighted by atomic mass is 9.93. The van der Waals surface area contributed by atoms with Crippen LogP contribution in [0.25, 0.3) is 16.5 Å². The van der Waals surface area contributed by atoms with Crippen molar-refractivity contribution in [3.05, 3.63) is 118 Å². The Labute approximate surface area is 196 Å². The molecule has 33 heavy (non-hydrogen) atoms. The first kappa shape index (κ1) is 21.0. The normalized spacial score (nSPS) is 17.6. The highest BCUT2D eigenvalue weighted by Crippen LogP contribution is 2.43. The van der Waals surface area contributed by atoms with Crippen LogP contribution in [-0.4, -0.2) is 16.8 Å². The summed E-state index contributed by atoms with van der Waals surface area (Å²) in [5.74, 6) is -1.63. The number of amides is 1. The van der Waals surface area contributed by atoms with Gasteiger partial charge in [-0.15, -0.1) is 0 Å². The Morgan fingerprint density at radius 3 is 2.36 bits per heavy atom. The van der Waals surface area contributed by atoms with E-state index in [1.165, 1.54) is 4.90 Å². The maximum Gasteiger partial charge on any atom is 0.300 e. The summed E-state index contributed by atoms with van der Waals surface area (Å²) in [5, 5.41) is 13.7. The SMILES string of the molecule is Cc1cccc(C2/C(=C(/O)c3ccc4ccccc4c3)C(=O)C(=O)N2c2cccc(Cl)c2)c1. The topological polar surface area (TPSA) is 57.6 Å². The number of nitrogens with zero attached hydrogens (tertiary/aromatic N) is 1. The molecule has 1 aliphatic heterocycles. The quantitative estimate of drug-likeness (QED) is 0.221. The molecule has 0 saturated carbocycles. The maximum atomic E-state index is 13.3. The highest BCUT2D eigenvalue weighted by Gasteiger charge is 2.47. The van der Waals surface area contributed by atoms with Crippen molar-refractivity contribution in [2.24, 2.45) is 0 Å². The fourth-order valence-electron chi connectivity index (χ4n) is 4.37. The van der Waals surface area contributed by atoms with E-state index in [0.717, 1.165) is 21.9 Å². The van der Waals surface area contributed by atoms with Crippen LogP contribution < -0.4 is 4.90 Å². The molecule has 4 nitrogen and oxygen atoms in total. The number of aryl methyl sites for hydroxylation is 1. The van der Waals surface area contributed by atoms with E-state index in [2.05, 4.69) is 0 Å². The van der Waals surface area contributed by atoms with Crippen molar-refractivity contribution in [1.82, 2.24) is 0 Å².